The Morgan fingerprint density at radius 1 is 0.949 bits per heavy atom. The number of anilines is 1. The molecule has 2 amide bonds. The number of carbonyl (C=O) groups is 2. The van der Waals surface area contributed by atoms with E-state index in [1.807, 2.05) is 75.4 Å². The van der Waals surface area contributed by atoms with Gasteiger partial charge in [0.25, 0.3) is 0 Å². The summed E-state index contributed by atoms with van der Waals surface area (Å²) in [7, 11) is -3.81. The molecular weight excluding hydrogens is 578 g/mol. The molecular formula is C30H36BrN3O4S. The van der Waals surface area contributed by atoms with Gasteiger partial charge in [-0.05, 0) is 47.7 Å². The molecule has 3 rings (SSSR count). The molecule has 7 nitrogen and oxygen atoms in total. The lowest BCUT2D eigenvalue weighted by Gasteiger charge is -2.34. The Bertz CT molecular complexity index is 1380. The Morgan fingerprint density at radius 2 is 1.62 bits per heavy atom. The number of hydrogen-bond acceptors (Lipinski definition) is 4. The van der Waals surface area contributed by atoms with Crippen LogP contribution in [0.5, 0.6) is 0 Å². The third-order valence-electron chi connectivity index (χ3n) is 6.33. The van der Waals surface area contributed by atoms with Crippen molar-refractivity contribution in [1.29, 1.82) is 0 Å². The van der Waals surface area contributed by atoms with Crippen molar-refractivity contribution in [3.8, 4) is 0 Å². The molecule has 39 heavy (non-hydrogen) atoms. The van der Waals surface area contributed by atoms with E-state index in [0.717, 1.165) is 27.3 Å². The van der Waals surface area contributed by atoms with Gasteiger partial charge >= 0.3 is 0 Å². The fraction of sp³-hybridized carbons (Fsp3) is 0.333. The summed E-state index contributed by atoms with van der Waals surface area (Å²) in [6.07, 6.45) is 1.36. The minimum atomic E-state index is -3.81. The summed E-state index contributed by atoms with van der Waals surface area (Å²) >= 11 is 3.38. The van der Waals surface area contributed by atoms with Crippen LogP contribution in [-0.2, 0) is 32.6 Å². The lowest BCUT2D eigenvalue weighted by atomic mass is 10.0. The van der Waals surface area contributed by atoms with E-state index in [1.54, 1.807) is 24.3 Å². The van der Waals surface area contributed by atoms with E-state index in [-0.39, 0.29) is 24.8 Å². The normalized spacial score (nSPS) is 12.2. The van der Waals surface area contributed by atoms with Gasteiger partial charge in [0.2, 0.25) is 21.8 Å². The van der Waals surface area contributed by atoms with Crippen LogP contribution >= 0.6 is 15.9 Å². The van der Waals surface area contributed by atoms with Crippen LogP contribution in [0, 0.1) is 12.8 Å². The highest BCUT2D eigenvalue weighted by Crippen LogP contribution is 2.24. The van der Waals surface area contributed by atoms with Crippen molar-refractivity contribution in [2.24, 2.45) is 5.92 Å². The highest BCUT2D eigenvalue weighted by Gasteiger charge is 2.33. The molecule has 1 N–H and O–H groups in total. The van der Waals surface area contributed by atoms with Gasteiger partial charge in [-0.25, -0.2) is 8.42 Å². The zero-order chi connectivity index (χ0) is 28.6. The van der Waals surface area contributed by atoms with Gasteiger partial charge in [-0.3, -0.25) is 13.9 Å². The first-order valence-electron chi connectivity index (χ1n) is 12.8. The second-order valence-electron chi connectivity index (χ2n) is 10.0. The van der Waals surface area contributed by atoms with Gasteiger partial charge in [0.15, 0.2) is 0 Å². The van der Waals surface area contributed by atoms with Crippen molar-refractivity contribution in [3.63, 3.8) is 0 Å². The van der Waals surface area contributed by atoms with E-state index in [9.17, 15) is 18.0 Å². The first-order chi connectivity index (χ1) is 18.5. The number of benzene rings is 3. The first-order valence-corrected chi connectivity index (χ1v) is 15.5. The van der Waals surface area contributed by atoms with Gasteiger partial charge in [-0.1, -0.05) is 90.4 Å². The molecule has 0 radical (unpaired) electrons. The van der Waals surface area contributed by atoms with Crippen molar-refractivity contribution in [1.82, 2.24) is 10.2 Å². The summed E-state index contributed by atoms with van der Waals surface area (Å²) in [5.74, 6) is -0.517. The van der Waals surface area contributed by atoms with Crippen LogP contribution in [0.25, 0.3) is 0 Å². The topological polar surface area (TPSA) is 86.8 Å². The van der Waals surface area contributed by atoms with E-state index < -0.39 is 28.5 Å². The smallest absolute Gasteiger partial charge is 0.244 e. The van der Waals surface area contributed by atoms with E-state index >= 15 is 0 Å². The highest BCUT2D eigenvalue weighted by atomic mass is 79.9. The number of sulfonamides is 1. The van der Waals surface area contributed by atoms with Crippen LogP contribution in [0.3, 0.4) is 0 Å². The third-order valence-corrected chi connectivity index (χ3v) is 7.97. The number of aryl methyl sites for hydroxylation is 1. The van der Waals surface area contributed by atoms with E-state index in [2.05, 4.69) is 21.2 Å². The second-order valence-corrected chi connectivity index (χ2v) is 12.9. The number of halogens is 1. The van der Waals surface area contributed by atoms with Crippen molar-refractivity contribution in [3.05, 3.63) is 100 Å². The summed E-state index contributed by atoms with van der Waals surface area (Å²) in [4.78, 5) is 29.2. The predicted octanol–water partition coefficient (Wildman–Crippen LogP) is 4.94. The Kier molecular flexibility index (Phi) is 10.7. The number of amides is 2. The molecule has 0 unspecified atom stereocenters. The van der Waals surface area contributed by atoms with Crippen LogP contribution in [0.2, 0.25) is 0 Å². The highest BCUT2D eigenvalue weighted by molar-refractivity contribution is 9.10. The SMILES string of the molecule is Cc1ccccc1CN(C(=O)CN(c1cccc(Br)c1)S(C)(=O)=O)[C@H](Cc1ccccc1)C(=O)NCC(C)C. The second kappa shape index (κ2) is 13.8. The van der Waals surface area contributed by atoms with Gasteiger partial charge in [-0.15, -0.1) is 0 Å². The predicted molar refractivity (Wildman–Crippen MR) is 160 cm³/mol. The molecule has 0 spiro atoms. The summed E-state index contributed by atoms with van der Waals surface area (Å²) in [5.41, 5.74) is 3.12. The van der Waals surface area contributed by atoms with Crippen LogP contribution in [-0.4, -0.2) is 50.5 Å². The van der Waals surface area contributed by atoms with Gasteiger partial charge in [0.1, 0.15) is 12.6 Å². The molecule has 208 valence electrons. The molecule has 0 heterocycles. The lowest BCUT2D eigenvalue weighted by Crippen LogP contribution is -2.53. The molecule has 0 aliphatic carbocycles. The van der Waals surface area contributed by atoms with Gasteiger partial charge in [0, 0.05) is 24.0 Å². The fourth-order valence-corrected chi connectivity index (χ4v) is 5.42. The van der Waals surface area contributed by atoms with Crippen molar-refractivity contribution < 1.29 is 18.0 Å². The van der Waals surface area contributed by atoms with Crippen molar-refractivity contribution in [2.45, 2.75) is 39.8 Å². The first kappa shape index (κ1) is 30.4. The molecule has 0 saturated heterocycles. The Morgan fingerprint density at radius 3 is 2.23 bits per heavy atom. The van der Waals surface area contributed by atoms with Crippen LogP contribution < -0.4 is 9.62 Å². The molecule has 3 aromatic rings. The average Bonchev–Trinajstić information content (AvgIpc) is 2.88. The molecule has 0 aromatic heterocycles. The summed E-state index contributed by atoms with van der Waals surface area (Å²) < 4.78 is 27.5. The van der Waals surface area contributed by atoms with Gasteiger partial charge in [0.05, 0.1) is 11.9 Å². The maximum absolute atomic E-state index is 14.1. The number of rotatable bonds is 12. The largest absolute Gasteiger partial charge is 0.354 e. The zero-order valence-corrected chi connectivity index (χ0v) is 25.2. The maximum atomic E-state index is 14.1. The quantitative estimate of drug-likeness (QED) is 0.314. The molecule has 3 aromatic carbocycles. The molecule has 0 aliphatic heterocycles. The Hall–Kier alpha value is -3.17. The molecule has 0 bridgehead atoms. The van der Waals surface area contributed by atoms with Gasteiger partial charge in [-0.2, -0.15) is 0 Å². The summed E-state index contributed by atoms with van der Waals surface area (Å²) in [6, 6.07) is 23.1. The monoisotopic (exact) mass is 613 g/mol. The maximum Gasteiger partial charge on any atom is 0.244 e. The molecule has 1 atom stereocenters. The van der Waals surface area contributed by atoms with Crippen molar-refractivity contribution >= 4 is 43.5 Å². The van der Waals surface area contributed by atoms with Crippen LogP contribution in [0.15, 0.2) is 83.3 Å². The lowest BCUT2D eigenvalue weighted by molar-refractivity contribution is -0.140. The Labute approximate surface area is 240 Å². The third kappa shape index (κ3) is 8.93. The van der Waals surface area contributed by atoms with E-state index in [1.165, 1.54) is 4.90 Å². The van der Waals surface area contributed by atoms with Crippen LogP contribution in [0.4, 0.5) is 5.69 Å². The molecule has 0 fully saturated rings. The minimum Gasteiger partial charge on any atom is -0.354 e. The fourth-order valence-electron chi connectivity index (χ4n) is 4.19. The standard InChI is InChI=1S/C30H36BrN3O4S/c1-22(2)19-32-30(36)28(17-24-12-6-5-7-13-24)33(20-25-14-9-8-11-23(25)3)29(35)21-34(39(4,37)38)27-16-10-15-26(31)18-27/h5-16,18,22,28H,17,19-21H2,1-4H3,(H,32,36)/t28-/m1/s1. The summed E-state index contributed by atoms with van der Waals surface area (Å²) in [5, 5.41) is 2.99. The Balaban J connectivity index is 2.06. The minimum absolute atomic E-state index is 0.161. The van der Waals surface area contributed by atoms with Crippen molar-refractivity contribution in [2.75, 3.05) is 23.7 Å². The molecule has 9 heteroatoms. The van der Waals surface area contributed by atoms with E-state index in [4.69, 9.17) is 0 Å². The van der Waals surface area contributed by atoms with E-state index in [0.29, 0.717) is 16.7 Å². The zero-order valence-electron chi connectivity index (χ0n) is 22.8. The number of nitrogens with zero attached hydrogens (tertiary/aromatic N) is 2. The van der Waals surface area contributed by atoms with Gasteiger partial charge < -0.3 is 10.2 Å². The summed E-state index contributed by atoms with van der Waals surface area (Å²) in [6.45, 7) is 6.14. The molecule has 0 aliphatic rings. The van der Waals surface area contributed by atoms with Crippen LogP contribution in [0.1, 0.15) is 30.5 Å². The number of nitrogens with one attached hydrogen (secondary N) is 1. The average molecular weight is 615 g/mol. The number of hydrogen-bond donors (Lipinski definition) is 1. The molecule has 0 saturated carbocycles. The number of carbonyl (C=O) groups excluding carboxylic acids is 2.